The van der Waals surface area contributed by atoms with Crippen LogP contribution in [0.2, 0.25) is 0 Å². The van der Waals surface area contributed by atoms with Crippen LogP contribution in [-0.4, -0.2) is 9.15 Å². The van der Waals surface area contributed by atoms with Gasteiger partial charge in [-0.2, -0.15) is 0 Å². The molecule has 2 heteroatoms. The summed E-state index contributed by atoms with van der Waals surface area (Å²) in [6, 6.07) is 0. The largest absolute Gasteiger partial charge is 0.0876 e. The van der Waals surface area contributed by atoms with E-state index in [9.17, 15) is 0 Å². The molecule has 1 unspecified atom stereocenters. The molecule has 1 atom stereocenters. The van der Waals surface area contributed by atoms with Crippen LogP contribution in [0.4, 0.5) is 0 Å². The molecule has 0 N–H and O–H groups in total. The summed E-state index contributed by atoms with van der Waals surface area (Å²) in [4.78, 5) is 0.598. The van der Waals surface area contributed by atoms with E-state index in [4.69, 9.17) is 0 Å². The minimum Gasteiger partial charge on any atom is -0.0876 e. The molecule has 14 heavy (non-hydrogen) atoms. The number of unbranched alkanes of at least 4 members (excludes halogenated alkanes) is 5. The van der Waals surface area contributed by atoms with Crippen LogP contribution < -0.4 is 0 Å². The van der Waals surface area contributed by atoms with Gasteiger partial charge in [-0.05, 0) is 20.3 Å². The first-order valence-corrected chi connectivity index (χ1v) is 7.52. The van der Waals surface area contributed by atoms with Gasteiger partial charge in [0.2, 0.25) is 0 Å². The van der Waals surface area contributed by atoms with Gasteiger partial charge in [0.05, 0.1) is 0 Å². The summed E-state index contributed by atoms with van der Waals surface area (Å²) < 4.78 is 0.233. The second-order valence-electron chi connectivity index (χ2n) is 4.59. The van der Waals surface area contributed by atoms with Crippen molar-refractivity contribution in [3.63, 3.8) is 0 Å². The topological polar surface area (TPSA) is 0 Å². The van der Waals surface area contributed by atoms with Crippen molar-refractivity contribution in [2.24, 2.45) is 0 Å². The lowest BCUT2D eigenvalue weighted by molar-refractivity contribution is 0.555. The van der Waals surface area contributed by atoms with Crippen LogP contribution in [0.25, 0.3) is 0 Å². The molecule has 0 heterocycles. The third-order valence-electron chi connectivity index (χ3n) is 2.56. The molecular formula is C12H24Br2. The van der Waals surface area contributed by atoms with Crippen molar-refractivity contribution in [3.8, 4) is 0 Å². The SMILES string of the molecule is CCCCCCCCC(Br)C(C)(C)Br. The standard InChI is InChI=1S/C12H24Br2/c1-4-5-6-7-8-9-10-11(13)12(2,3)14/h11H,4-10H2,1-3H3. The zero-order valence-corrected chi connectivity index (χ0v) is 13.0. The van der Waals surface area contributed by atoms with Crippen molar-refractivity contribution < 1.29 is 0 Å². The molecule has 0 saturated heterocycles. The summed E-state index contributed by atoms with van der Waals surface area (Å²) in [5.41, 5.74) is 0. The molecule has 0 saturated carbocycles. The number of halogens is 2. The Bertz CT molecular complexity index is 127. The predicted octanol–water partition coefficient (Wildman–Crippen LogP) is 5.67. The van der Waals surface area contributed by atoms with E-state index in [2.05, 4.69) is 52.6 Å². The third-order valence-corrected chi connectivity index (χ3v) is 5.33. The lowest BCUT2D eigenvalue weighted by Crippen LogP contribution is -2.23. The van der Waals surface area contributed by atoms with Crippen LogP contribution >= 0.6 is 31.9 Å². The fraction of sp³-hybridized carbons (Fsp3) is 1.00. The predicted molar refractivity (Wildman–Crippen MR) is 73.7 cm³/mol. The van der Waals surface area contributed by atoms with Gasteiger partial charge in [-0.3, -0.25) is 0 Å². The van der Waals surface area contributed by atoms with Crippen LogP contribution in [0, 0.1) is 0 Å². The van der Waals surface area contributed by atoms with Gasteiger partial charge in [0, 0.05) is 9.15 Å². The fourth-order valence-corrected chi connectivity index (χ4v) is 2.00. The van der Waals surface area contributed by atoms with Crippen molar-refractivity contribution in [2.45, 2.75) is 74.9 Å². The zero-order chi connectivity index (χ0) is 11.0. The first-order chi connectivity index (χ1) is 6.48. The van der Waals surface area contributed by atoms with Crippen molar-refractivity contribution in [2.75, 3.05) is 0 Å². The number of alkyl halides is 2. The number of hydrogen-bond donors (Lipinski definition) is 0. The summed E-state index contributed by atoms with van der Waals surface area (Å²) in [5, 5.41) is 0. The number of hydrogen-bond acceptors (Lipinski definition) is 0. The maximum absolute atomic E-state index is 3.73. The van der Waals surface area contributed by atoms with Crippen LogP contribution in [0.15, 0.2) is 0 Å². The molecule has 0 fully saturated rings. The van der Waals surface area contributed by atoms with Gasteiger partial charge >= 0.3 is 0 Å². The lowest BCUT2D eigenvalue weighted by Gasteiger charge is -2.23. The maximum Gasteiger partial charge on any atom is 0.0326 e. The molecule has 0 aliphatic carbocycles. The van der Waals surface area contributed by atoms with Gasteiger partial charge in [0.25, 0.3) is 0 Å². The Hall–Kier alpha value is 0.960. The Kier molecular flexibility index (Phi) is 8.71. The Morgan fingerprint density at radius 2 is 1.50 bits per heavy atom. The molecule has 0 bridgehead atoms. The highest BCUT2D eigenvalue weighted by atomic mass is 79.9. The molecule has 0 aromatic rings. The second kappa shape index (κ2) is 8.15. The van der Waals surface area contributed by atoms with Gasteiger partial charge in [0.15, 0.2) is 0 Å². The minimum atomic E-state index is 0.233. The third kappa shape index (κ3) is 8.28. The van der Waals surface area contributed by atoms with Crippen LogP contribution in [0.1, 0.15) is 65.7 Å². The normalized spacial score (nSPS) is 14.4. The fourth-order valence-electron chi connectivity index (χ4n) is 1.45. The first-order valence-electron chi connectivity index (χ1n) is 5.81. The molecule has 0 aliphatic rings. The Morgan fingerprint density at radius 1 is 1.00 bits per heavy atom. The van der Waals surface area contributed by atoms with Gasteiger partial charge in [0.1, 0.15) is 0 Å². The molecule has 0 amide bonds. The van der Waals surface area contributed by atoms with Crippen LogP contribution in [0.5, 0.6) is 0 Å². The minimum absolute atomic E-state index is 0.233. The number of rotatable bonds is 8. The molecule has 86 valence electrons. The summed E-state index contributed by atoms with van der Waals surface area (Å²) >= 11 is 7.43. The summed E-state index contributed by atoms with van der Waals surface area (Å²) in [6.07, 6.45) is 9.61. The molecular weight excluding hydrogens is 304 g/mol. The van der Waals surface area contributed by atoms with Gasteiger partial charge in [-0.1, -0.05) is 77.3 Å². The van der Waals surface area contributed by atoms with Crippen molar-refractivity contribution >= 4 is 31.9 Å². The summed E-state index contributed by atoms with van der Waals surface area (Å²) in [6.45, 7) is 6.72. The van der Waals surface area contributed by atoms with Crippen molar-refractivity contribution in [1.29, 1.82) is 0 Å². The van der Waals surface area contributed by atoms with E-state index in [-0.39, 0.29) is 4.32 Å². The molecule has 0 nitrogen and oxygen atoms in total. The van der Waals surface area contributed by atoms with Crippen molar-refractivity contribution in [3.05, 3.63) is 0 Å². The lowest BCUT2D eigenvalue weighted by atomic mass is 10.0. The molecule has 0 aromatic carbocycles. The Labute approximate surface area is 106 Å². The van der Waals surface area contributed by atoms with E-state index in [0.717, 1.165) is 0 Å². The van der Waals surface area contributed by atoms with E-state index in [1.807, 2.05) is 0 Å². The van der Waals surface area contributed by atoms with Gasteiger partial charge < -0.3 is 0 Å². The smallest absolute Gasteiger partial charge is 0.0326 e. The second-order valence-corrected chi connectivity index (χ2v) is 7.74. The summed E-state index contributed by atoms with van der Waals surface area (Å²) in [5.74, 6) is 0. The van der Waals surface area contributed by atoms with Crippen LogP contribution in [0.3, 0.4) is 0 Å². The van der Waals surface area contributed by atoms with E-state index in [0.29, 0.717) is 4.83 Å². The van der Waals surface area contributed by atoms with Gasteiger partial charge in [-0.25, -0.2) is 0 Å². The Balaban J connectivity index is 3.28. The van der Waals surface area contributed by atoms with Crippen LogP contribution in [-0.2, 0) is 0 Å². The average molecular weight is 328 g/mol. The molecule has 0 spiro atoms. The average Bonchev–Trinajstić information content (AvgIpc) is 2.09. The zero-order valence-electron chi connectivity index (χ0n) is 9.78. The first kappa shape index (κ1) is 15.0. The summed E-state index contributed by atoms with van der Waals surface area (Å²) in [7, 11) is 0. The van der Waals surface area contributed by atoms with E-state index in [1.165, 1.54) is 44.9 Å². The van der Waals surface area contributed by atoms with E-state index in [1.54, 1.807) is 0 Å². The molecule has 0 radical (unpaired) electrons. The highest BCUT2D eigenvalue weighted by Crippen LogP contribution is 2.30. The highest BCUT2D eigenvalue weighted by Gasteiger charge is 2.22. The quantitative estimate of drug-likeness (QED) is 0.397. The Morgan fingerprint density at radius 3 is 2.00 bits per heavy atom. The van der Waals surface area contributed by atoms with Gasteiger partial charge in [-0.15, -0.1) is 0 Å². The monoisotopic (exact) mass is 326 g/mol. The molecule has 0 aliphatic heterocycles. The van der Waals surface area contributed by atoms with E-state index >= 15 is 0 Å². The maximum atomic E-state index is 3.73. The molecule has 0 rings (SSSR count). The van der Waals surface area contributed by atoms with Crippen molar-refractivity contribution in [1.82, 2.24) is 0 Å². The highest BCUT2D eigenvalue weighted by molar-refractivity contribution is 9.12. The van der Waals surface area contributed by atoms with E-state index < -0.39 is 0 Å². The molecule has 0 aromatic heterocycles.